The quantitative estimate of drug-likeness (QED) is 0.603. The fraction of sp³-hybridized carbons (Fsp3) is 0.429. The molecule has 0 spiro atoms. The summed E-state index contributed by atoms with van der Waals surface area (Å²) in [5, 5.41) is 18.5. The number of hydrogen-bond acceptors (Lipinski definition) is 4. The van der Waals surface area contributed by atoms with Crippen molar-refractivity contribution in [2.24, 2.45) is 0 Å². The smallest absolute Gasteiger partial charge is 0.342 e. The molecule has 0 aliphatic rings. The molecule has 0 radical (unpaired) electrons. The predicted octanol–water partition coefficient (Wildman–Crippen LogP) is 1.10. The second-order valence-corrected chi connectivity index (χ2v) is 5.62. The van der Waals surface area contributed by atoms with Gasteiger partial charge in [-0.05, 0) is 12.1 Å². The second-order valence-electron chi connectivity index (χ2n) is 5.62. The van der Waals surface area contributed by atoms with Crippen molar-refractivity contribution in [2.45, 2.75) is 12.5 Å². The number of likely N-dealkylation sites (N-methyl/N-ethyl adjacent to an activating group) is 1. The van der Waals surface area contributed by atoms with E-state index in [1.54, 1.807) is 12.1 Å². The molecule has 0 unspecified atom stereocenters. The van der Waals surface area contributed by atoms with Crippen LogP contribution in [0.25, 0.3) is 0 Å². The summed E-state index contributed by atoms with van der Waals surface area (Å²) in [5.74, 6) is -1.94. The number of rotatable bonds is 6. The van der Waals surface area contributed by atoms with Crippen molar-refractivity contribution >= 4 is 11.9 Å². The summed E-state index contributed by atoms with van der Waals surface area (Å²) in [5.41, 5.74) is 0.0318. The number of carboxylic acid groups (broad SMARTS) is 1. The zero-order valence-corrected chi connectivity index (χ0v) is 11.9. The first-order valence-corrected chi connectivity index (χ1v) is 6.20. The Hall–Kier alpha value is -2.08. The van der Waals surface area contributed by atoms with Gasteiger partial charge in [0.1, 0.15) is 17.9 Å². The first kappa shape index (κ1) is 16.0. The Morgan fingerprint density at radius 1 is 1.25 bits per heavy atom. The zero-order chi connectivity index (χ0) is 15.3. The number of aromatic hydroxyl groups is 1. The Balaban J connectivity index is 2.81. The standard InChI is InChI=1S/C14H19NO5/c1-15(2,3)9-10(8-13(17)18)20-14(19)11-6-4-5-7-12(11)16/h4-7,10H,8-9H2,1-3H3,(H-,16,17,18,19)/p+1/t10-/m1/s1. The molecule has 1 atom stereocenters. The van der Waals surface area contributed by atoms with Crippen LogP contribution in [0.5, 0.6) is 5.75 Å². The van der Waals surface area contributed by atoms with E-state index < -0.39 is 18.0 Å². The number of carboxylic acids is 1. The van der Waals surface area contributed by atoms with Gasteiger partial charge in [0.15, 0.2) is 6.10 Å². The molecule has 1 rings (SSSR count). The molecule has 0 heterocycles. The van der Waals surface area contributed by atoms with E-state index in [1.807, 2.05) is 21.1 Å². The average molecular weight is 282 g/mol. The number of para-hydroxylation sites is 1. The molecule has 0 bridgehead atoms. The topological polar surface area (TPSA) is 83.8 Å². The van der Waals surface area contributed by atoms with Crippen LogP contribution in [0, 0.1) is 0 Å². The van der Waals surface area contributed by atoms with Crippen LogP contribution in [0.1, 0.15) is 16.8 Å². The van der Waals surface area contributed by atoms with Gasteiger partial charge in [0.2, 0.25) is 0 Å². The monoisotopic (exact) mass is 282 g/mol. The third kappa shape index (κ3) is 5.27. The molecule has 0 aliphatic heterocycles. The minimum absolute atomic E-state index is 0.0318. The van der Waals surface area contributed by atoms with Crippen LogP contribution in [0.4, 0.5) is 0 Å². The van der Waals surface area contributed by atoms with Gasteiger partial charge in [-0.1, -0.05) is 12.1 Å². The fourth-order valence-corrected chi connectivity index (χ4v) is 1.81. The van der Waals surface area contributed by atoms with E-state index in [0.717, 1.165) is 0 Å². The van der Waals surface area contributed by atoms with Gasteiger partial charge < -0.3 is 19.4 Å². The van der Waals surface area contributed by atoms with Crippen LogP contribution in [0.2, 0.25) is 0 Å². The van der Waals surface area contributed by atoms with Crippen molar-refractivity contribution in [3.63, 3.8) is 0 Å². The molecule has 2 N–H and O–H groups in total. The lowest BCUT2D eigenvalue weighted by Crippen LogP contribution is -2.43. The van der Waals surface area contributed by atoms with Crippen molar-refractivity contribution < 1.29 is 29.0 Å². The molecule has 1 aromatic rings. The maximum absolute atomic E-state index is 12.0. The number of esters is 1. The summed E-state index contributed by atoms with van der Waals surface area (Å²) < 4.78 is 5.67. The van der Waals surface area contributed by atoms with Gasteiger partial charge in [0.05, 0.1) is 27.6 Å². The number of aliphatic carboxylic acids is 1. The lowest BCUT2D eigenvalue weighted by atomic mass is 10.2. The van der Waals surface area contributed by atoms with Gasteiger partial charge >= 0.3 is 11.9 Å². The molecule has 1 aromatic carbocycles. The van der Waals surface area contributed by atoms with E-state index in [4.69, 9.17) is 9.84 Å². The highest BCUT2D eigenvalue weighted by Crippen LogP contribution is 2.18. The molecule has 0 fully saturated rings. The van der Waals surface area contributed by atoms with E-state index in [1.165, 1.54) is 12.1 Å². The van der Waals surface area contributed by atoms with Crippen LogP contribution in [0.3, 0.4) is 0 Å². The van der Waals surface area contributed by atoms with E-state index in [0.29, 0.717) is 11.0 Å². The normalized spacial score (nSPS) is 12.8. The first-order chi connectivity index (χ1) is 9.19. The molecular formula is C14H20NO5+. The number of phenolic OH excluding ortho intramolecular Hbond substituents is 1. The van der Waals surface area contributed by atoms with Crippen LogP contribution in [-0.2, 0) is 9.53 Å². The molecule has 6 heteroatoms. The summed E-state index contributed by atoms with van der Waals surface area (Å²) in [6.07, 6.45) is -1.02. The predicted molar refractivity (Wildman–Crippen MR) is 72.5 cm³/mol. The third-order valence-corrected chi connectivity index (χ3v) is 2.55. The minimum Gasteiger partial charge on any atom is -0.507 e. The van der Waals surface area contributed by atoms with E-state index in [9.17, 15) is 14.7 Å². The molecule has 20 heavy (non-hydrogen) atoms. The number of carbonyl (C=O) groups excluding carboxylic acids is 1. The summed E-state index contributed by atoms with van der Waals surface area (Å²) in [6.45, 7) is 0.367. The Kier molecular flexibility index (Phi) is 5.10. The van der Waals surface area contributed by atoms with Crippen LogP contribution in [0.15, 0.2) is 24.3 Å². The number of ether oxygens (including phenoxy) is 1. The van der Waals surface area contributed by atoms with E-state index in [-0.39, 0.29) is 17.7 Å². The number of carbonyl (C=O) groups is 2. The number of quaternary nitrogens is 1. The summed E-state index contributed by atoms with van der Waals surface area (Å²) in [4.78, 5) is 22.8. The Bertz CT molecular complexity index is 493. The van der Waals surface area contributed by atoms with Crippen molar-refractivity contribution in [1.29, 1.82) is 0 Å². The van der Waals surface area contributed by atoms with Crippen molar-refractivity contribution in [2.75, 3.05) is 27.7 Å². The summed E-state index contributed by atoms with van der Waals surface area (Å²) >= 11 is 0. The molecule has 6 nitrogen and oxygen atoms in total. The molecule has 0 saturated heterocycles. The number of phenols is 1. The third-order valence-electron chi connectivity index (χ3n) is 2.55. The molecule has 0 saturated carbocycles. The van der Waals surface area contributed by atoms with Gasteiger partial charge in [-0.2, -0.15) is 0 Å². The minimum atomic E-state index is -1.03. The van der Waals surface area contributed by atoms with Gasteiger partial charge in [-0.25, -0.2) is 4.79 Å². The Labute approximate surface area is 117 Å². The summed E-state index contributed by atoms with van der Waals surface area (Å²) in [6, 6.07) is 6.00. The number of benzene rings is 1. The molecule has 0 amide bonds. The fourth-order valence-electron chi connectivity index (χ4n) is 1.81. The Morgan fingerprint density at radius 3 is 2.35 bits per heavy atom. The lowest BCUT2D eigenvalue weighted by Gasteiger charge is -2.28. The van der Waals surface area contributed by atoms with Crippen molar-refractivity contribution in [3.05, 3.63) is 29.8 Å². The second kappa shape index (κ2) is 6.38. The first-order valence-electron chi connectivity index (χ1n) is 6.20. The van der Waals surface area contributed by atoms with Crippen molar-refractivity contribution in [3.8, 4) is 5.75 Å². The molecule has 110 valence electrons. The maximum atomic E-state index is 12.0. The highest BCUT2D eigenvalue weighted by molar-refractivity contribution is 5.92. The highest BCUT2D eigenvalue weighted by atomic mass is 16.5. The lowest BCUT2D eigenvalue weighted by molar-refractivity contribution is -0.873. The van der Waals surface area contributed by atoms with Gasteiger partial charge in [-0.3, -0.25) is 4.79 Å². The largest absolute Gasteiger partial charge is 0.507 e. The van der Waals surface area contributed by atoms with Gasteiger partial charge in [-0.15, -0.1) is 0 Å². The van der Waals surface area contributed by atoms with E-state index >= 15 is 0 Å². The Morgan fingerprint density at radius 2 is 1.85 bits per heavy atom. The van der Waals surface area contributed by atoms with Crippen molar-refractivity contribution in [1.82, 2.24) is 0 Å². The average Bonchev–Trinajstić information content (AvgIpc) is 2.25. The number of hydrogen-bond donors (Lipinski definition) is 2. The summed E-state index contributed by atoms with van der Waals surface area (Å²) in [7, 11) is 5.63. The maximum Gasteiger partial charge on any atom is 0.342 e. The van der Waals surface area contributed by atoms with E-state index in [2.05, 4.69) is 0 Å². The van der Waals surface area contributed by atoms with Crippen LogP contribution >= 0.6 is 0 Å². The number of nitrogens with zero attached hydrogens (tertiary/aromatic N) is 1. The highest BCUT2D eigenvalue weighted by Gasteiger charge is 2.26. The van der Waals surface area contributed by atoms with Gasteiger partial charge in [0.25, 0.3) is 0 Å². The van der Waals surface area contributed by atoms with Crippen LogP contribution < -0.4 is 0 Å². The molecular weight excluding hydrogens is 262 g/mol. The van der Waals surface area contributed by atoms with Gasteiger partial charge in [0, 0.05) is 0 Å². The zero-order valence-electron chi connectivity index (χ0n) is 11.9. The SMILES string of the molecule is C[N+](C)(C)C[C@@H](CC(=O)O)OC(=O)c1ccccc1O. The molecule has 0 aliphatic carbocycles. The molecule has 0 aromatic heterocycles. The van der Waals surface area contributed by atoms with Crippen LogP contribution in [-0.4, -0.2) is 60.4 Å².